The average molecular weight is 261 g/mol. The Morgan fingerprint density at radius 2 is 1.94 bits per heavy atom. The molecule has 0 aliphatic heterocycles. The third-order valence-corrected chi connectivity index (χ3v) is 2.53. The van der Waals surface area contributed by atoms with Gasteiger partial charge >= 0.3 is 0 Å². The van der Waals surface area contributed by atoms with Crippen molar-refractivity contribution < 1.29 is 8.78 Å². The quantitative estimate of drug-likeness (QED) is 0.741. The van der Waals surface area contributed by atoms with Gasteiger partial charge in [0.05, 0.1) is 5.02 Å². The van der Waals surface area contributed by atoms with Crippen LogP contribution in [-0.4, -0.2) is 9.38 Å². The Morgan fingerprint density at radius 3 is 2.47 bits per heavy atom. The molecule has 2 aromatic heterocycles. The molecule has 17 heavy (non-hydrogen) atoms. The van der Waals surface area contributed by atoms with Gasteiger partial charge in [-0.1, -0.05) is 25.4 Å². The zero-order chi connectivity index (χ0) is 13.2. The molecule has 0 aliphatic carbocycles. The topological polar surface area (TPSA) is 17.3 Å². The molecule has 0 N–H and O–H groups in total. The number of rotatable bonds is 1. The fraction of sp³-hybridized carbons (Fsp3) is 0.417. The smallest absolute Gasteiger partial charge is 0.271 e. The summed E-state index contributed by atoms with van der Waals surface area (Å²) in [6.45, 7) is 6.63. The maximum absolute atomic E-state index is 13.1. The summed E-state index contributed by atoms with van der Waals surface area (Å²) in [6.07, 6.45) is 2.96. The third-order valence-electron chi connectivity index (χ3n) is 2.25. The van der Waals surface area contributed by atoms with Crippen LogP contribution in [0.5, 0.6) is 0 Å². The van der Waals surface area contributed by atoms with Gasteiger partial charge in [0.2, 0.25) is 0 Å². The molecule has 2 aromatic rings. The molecule has 0 aromatic carbocycles. The van der Waals surface area contributed by atoms with Crippen LogP contribution in [0.2, 0.25) is 5.02 Å². The molecular weight excluding hydrogens is 246 g/mol. The molecular formula is C12H15ClF2N2. The number of aryl methyl sites for hydroxylation is 1. The van der Waals surface area contributed by atoms with E-state index >= 15 is 0 Å². The van der Waals surface area contributed by atoms with Crippen molar-refractivity contribution in [1.82, 2.24) is 9.38 Å². The van der Waals surface area contributed by atoms with Crippen LogP contribution in [0.3, 0.4) is 0 Å². The lowest BCUT2D eigenvalue weighted by Gasteiger charge is -2.11. The molecule has 2 heterocycles. The third kappa shape index (κ3) is 2.75. The van der Waals surface area contributed by atoms with Gasteiger partial charge in [0.25, 0.3) is 5.92 Å². The number of hydrogen-bond acceptors (Lipinski definition) is 1. The number of pyridine rings is 1. The summed E-state index contributed by atoms with van der Waals surface area (Å²) in [6, 6.07) is 1.25. The Hall–Kier alpha value is -1.16. The molecule has 0 fully saturated rings. The van der Waals surface area contributed by atoms with Crippen molar-refractivity contribution in [2.45, 2.75) is 33.6 Å². The number of imidazole rings is 1. The zero-order valence-corrected chi connectivity index (χ0v) is 11.0. The molecule has 0 unspecified atom stereocenters. The highest BCUT2D eigenvalue weighted by Crippen LogP contribution is 2.30. The molecule has 0 spiro atoms. The second kappa shape index (κ2) is 5.00. The van der Waals surface area contributed by atoms with E-state index in [4.69, 9.17) is 11.6 Å². The Kier molecular flexibility index (Phi) is 4.09. The lowest BCUT2D eigenvalue weighted by atomic mass is 10.2. The number of nitrogens with zero attached hydrogens (tertiary/aromatic N) is 2. The maximum Gasteiger partial charge on any atom is 0.271 e. The first-order valence-corrected chi connectivity index (χ1v) is 5.79. The number of halogens is 3. The summed E-state index contributed by atoms with van der Waals surface area (Å²) in [7, 11) is 0. The monoisotopic (exact) mass is 260 g/mol. The molecule has 0 aliphatic rings. The fourth-order valence-electron chi connectivity index (χ4n) is 1.40. The van der Waals surface area contributed by atoms with Crippen LogP contribution >= 0.6 is 11.6 Å². The van der Waals surface area contributed by atoms with Crippen molar-refractivity contribution in [3.63, 3.8) is 0 Å². The average Bonchev–Trinajstić information content (AvgIpc) is 2.63. The van der Waals surface area contributed by atoms with Crippen molar-refractivity contribution in [3.05, 3.63) is 34.7 Å². The van der Waals surface area contributed by atoms with E-state index in [0.717, 1.165) is 12.6 Å². The van der Waals surface area contributed by atoms with Crippen LogP contribution in [0.15, 0.2) is 18.5 Å². The minimum absolute atomic E-state index is 0.110. The Morgan fingerprint density at radius 1 is 1.35 bits per heavy atom. The summed E-state index contributed by atoms with van der Waals surface area (Å²) in [4.78, 5) is 4.03. The highest BCUT2D eigenvalue weighted by molar-refractivity contribution is 6.33. The van der Waals surface area contributed by atoms with Gasteiger partial charge in [-0.3, -0.25) is 0 Å². The van der Waals surface area contributed by atoms with E-state index in [1.54, 1.807) is 17.5 Å². The summed E-state index contributed by atoms with van der Waals surface area (Å²) in [5.41, 5.74) is 1.17. The number of fused-ring (bicyclic) bond motifs is 1. The molecule has 0 atom stereocenters. The Bertz CT molecular complexity index is 515. The van der Waals surface area contributed by atoms with E-state index in [1.165, 1.54) is 12.3 Å². The summed E-state index contributed by atoms with van der Waals surface area (Å²) >= 11 is 5.86. The van der Waals surface area contributed by atoms with Crippen molar-refractivity contribution in [1.29, 1.82) is 0 Å². The summed E-state index contributed by atoms with van der Waals surface area (Å²) in [5.74, 6) is -2.89. The van der Waals surface area contributed by atoms with E-state index < -0.39 is 5.92 Å². The van der Waals surface area contributed by atoms with Gasteiger partial charge in [0.15, 0.2) is 5.65 Å². The van der Waals surface area contributed by atoms with Crippen LogP contribution in [-0.2, 0) is 5.92 Å². The minimum atomic E-state index is -2.89. The van der Waals surface area contributed by atoms with Crippen molar-refractivity contribution in [2.75, 3.05) is 0 Å². The van der Waals surface area contributed by atoms with Crippen LogP contribution in [0, 0.1) is 6.92 Å². The van der Waals surface area contributed by atoms with Crippen LogP contribution in [0.4, 0.5) is 8.78 Å². The predicted octanol–water partition coefficient (Wildman–Crippen LogP) is 4.43. The van der Waals surface area contributed by atoms with Gasteiger partial charge in [0.1, 0.15) is 0 Å². The normalized spacial score (nSPS) is 11.2. The highest BCUT2D eigenvalue weighted by atomic mass is 35.5. The largest absolute Gasteiger partial charge is 0.303 e. The highest BCUT2D eigenvalue weighted by Gasteiger charge is 2.26. The predicted molar refractivity (Wildman–Crippen MR) is 65.9 cm³/mol. The molecule has 5 heteroatoms. The standard InChI is InChI=1S/C10H9ClF2N2.C2H6/c1-6-4-14-9-8(11)3-7(5-15(6)9)10(2,12)13;1-2/h3-5H,1-2H3;1-2H3. The molecule has 94 valence electrons. The Labute approximate surface area is 104 Å². The van der Waals surface area contributed by atoms with Gasteiger partial charge in [-0.05, 0) is 13.0 Å². The van der Waals surface area contributed by atoms with E-state index in [9.17, 15) is 8.78 Å². The molecule has 2 rings (SSSR count). The molecule has 2 nitrogen and oxygen atoms in total. The van der Waals surface area contributed by atoms with Gasteiger partial charge in [-0.2, -0.15) is 0 Å². The van der Waals surface area contributed by atoms with Crippen molar-refractivity contribution in [3.8, 4) is 0 Å². The lowest BCUT2D eigenvalue weighted by molar-refractivity contribution is 0.0170. The van der Waals surface area contributed by atoms with E-state index in [-0.39, 0.29) is 10.6 Å². The van der Waals surface area contributed by atoms with Gasteiger partial charge in [0, 0.05) is 30.6 Å². The van der Waals surface area contributed by atoms with Crippen molar-refractivity contribution >= 4 is 17.2 Å². The number of hydrogen-bond donors (Lipinski definition) is 0. The van der Waals surface area contributed by atoms with Crippen LogP contribution < -0.4 is 0 Å². The zero-order valence-electron chi connectivity index (χ0n) is 10.3. The van der Waals surface area contributed by atoms with Crippen molar-refractivity contribution in [2.24, 2.45) is 0 Å². The van der Waals surface area contributed by atoms with Crippen LogP contribution in [0.25, 0.3) is 5.65 Å². The summed E-state index contributed by atoms with van der Waals surface area (Å²) < 4.78 is 27.8. The molecule has 0 amide bonds. The first-order valence-electron chi connectivity index (χ1n) is 5.41. The van der Waals surface area contributed by atoms with E-state index in [0.29, 0.717) is 5.65 Å². The molecule has 0 saturated carbocycles. The number of aromatic nitrogens is 2. The van der Waals surface area contributed by atoms with Gasteiger partial charge in [-0.15, -0.1) is 0 Å². The number of alkyl halides is 2. The first-order chi connectivity index (χ1) is 7.89. The molecule has 0 radical (unpaired) electrons. The van der Waals surface area contributed by atoms with Crippen LogP contribution in [0.1, 0.15) is 32.0 Å². The van der Waals surface area contributed by atoms with Gasteiger partial charge < -0.3 is 4.40 Å². The minimum Gasteiger partial charge on any atom is -0.303 e. The summed E-state index contributed by atoms with van der Waals surface area (Å²) in [5, 5.41) is 0.238. The molecule has 0 bridgehead atoms. The SMILES string of the molecule is CC.Cc1cnc2c(Cl)cc(C(C)(F)F)cn12. The van der Waals surface area contributed by atoms with E-state index in [2.05, 4.69) is 4.98 Å². The molecule has 0 saturated heterocycles. The second-order valence-electron chi connectivity index (χ2n) is 3.56. The first kappa shape index (κ1) is 13.9. The Balaban J connectivity index is 0.000000686. The second-order valence-corrected chi connectivity index (χ2v) is 3.97. The van der Waals surface area contributed by atoms with Gasteiger partial charge in [-0.25, -0.2) is 13.8 Å². The maximum atomic E-state index is 13.1. The lowest BCUT2D eigenvalue weighted by Crippen LogP contribution is -2.08. The fourth-order valence-corrected chi connectivity index (χ4v) is 1.66. The van der Waals surface area contributed by atoms with E-state index in [1.807, 2.05) is 13.8 Å².